The second-order valence-electron chi connectivity index (χ2n) is 9.97. The molecule has 2 rings (SSSR count). The maximum Gasteiger partial charge on any atom is 0.134 e. The molecule has 0 aliphatic rings. The number of para-hydroxylation sites is 1. The maximum absolute atomic E-state index is 3.79. The van der Waals surface area contributed by atoms with Crippen LogP contribution < -0.4 is 15.8 Å². The summed E-state index contributed by atoms with van der Waals surface area (Å²) in [7, 11) is -1.52. The summed E-state index contributed by atoms with van der Waals surface area (Å²) in [5.41, 5.74) is 2.43. The van der Waals surface area contributed by atoms with E-state index in [4.69, 9.17) is 0 Å². The van der Waals surface area contributed by atoms with E-state index in [1.807, 2.05) is 0 Å². The van der Waals surface area contributed by atoms with E-state index in [0.717, 1.165) is 5.82 Å². The first-order valence-corrected chi connectivity index (χ1v) is 12.7. The Labute approximate surface area is 154 Å². The molecule has 0 saturated carbocycles. The third-order valence-electron chi connectivity index (χ3n) is 3.84. The van der Waals surface area contributed by atoms with Gasteiger partial charge in [0, 0.05) is 23.0 Å². The molecule has 0 radical (unpaired) electrons. The Bertz CT molecular complexity index is 711. The largest absolute Gasteiger partial charge is 0.378 e. The zero-order chi connectivity index (χ0) is 19.0. The van der Waals surface area contributed by atoms with Crippen LogP contribution >= 0.6 is 0 Å². The van der Waals surface area contributed by atoms with E-state index in [1.165, 1.54) is 16.6 Å². The van der Waals surface area contributed by atoms with Crippen LogP contribution in [0.4, 0.5) is 11.5 Å². The molecule has 4 heteroatoms. The summed E-state index contributed by atoms with van der Waals surface area (Å²) in [4.78, 5) is 0. The van der Waals surface area contributed by atoms with E-state index in [2.05, 4.69) is 113 Å². The van der Waals surface area contributed by atoms with E-state index in [9.17, 15) is 0 Å². The van der Waals surface area contributed by atoms with Gasteiger partial charge in [-0.15, -0.1) is 0 Å². The second kappa shape index (κ2) is 6.56. The van der Waals surface area contributed by atoms with Crippen LogP contribution in [0.2, 0.25) is 19.6 Å². The third kappa shape index (κ3) is 5.14. The van der Waals surface area contributed by atoms with Gasteiger partial charge in [0.25, 0.3) is 0 Å². The fourth-order valence-corrected chi connectivity index (χ4v) is 4.29. The Kier molecular flexibility index (Phi) is 5.15. The molecule has 0 atom stereocenters. The van der Waals surface area contributed by atoms with Crippen LogP contribution in [0.15, 0.2) is 36.5 Å². The van der Waals surface area contributed by atoms with Gasteiger partial charge in [-0.25, -0.2) is 0 Å². The Morgan fingerprint density at radius 3 is 1.76 bits per heavy atom. The lowest BCUT2D eigenvalue weighted by atomic mass is 10.1. The molecule has 138 valence electrons. The highest BCUT2D eigenvalue weighted by molar-refractivity contribution is 6.90. The quantitative estimate of drug-likeness (QED) is 0.713. The molecule has 1 aromatic heterocycles. The minimum absolute atomic E-state index is 0.00554. The number of nitrogens with zero attached hydrogens (tertiary/aromatic N) is 1. The van der Waals surface area contributed by atoms with Crippen molar-refractivity contribution in [1.29, 1.82) is 0 Å². The van der Waals surface area contributed by atoms with E-state index >= 15 is 0 Å². The van der Waals surface area contributed by atoms with Crippen LogP contribution in [0.25, 0.3) is 5.69 Å². The summed E-state index contributed by atoms with van der Waals surface area (Å²) in [5, 5.41) is 9.00. The Hall–Kier alpha value is -1.68. The molecule has 1 aromatic carbocycles. The summed E-state index contributed by atoms with van der Waals surface area (Å²) in [6, 6.07) is 10.6. The van der Waals surface area contributed by atoms with Gasteiger partial charge in [-0.05, 0) is 58.9 Å². The molecule has 1 heterocycles. The van der Waals surface area contributed by atoms with Gasteiger partial charge in [-0.1, -0.05) is 37.8 Å². The molecule has 25 heavy (non-hydrogen) atoms. The SMILES string of the molecule is CC(C)(C)Nc1c([Si](C)(C)C)cn(-c2ccccc2)c1NC(C)(C)C. The van der Waals surface area contributed by atoms with Crippen LogP contribution in [-0.4, -0.2) is 23.7 Å². The Morgan fingerprint density at radius 1 is 0.800 bits per heavy atom. The van der Waals surface area contributed by atoms with Crippen molar-refractivity contribution in [1.82, 2.24) is 4.57 Å². The number of nitrogens with one attached hydrogen (secondary N) is 2. The molecule has 0 amide bonds. The Morgan fingerprint density at radius 2 is 1.32 bits per heavy atom. The van der Waals surface area contributed by atoms with Gasteiger partial charge in [0.1, 0.15) is 5.82 Å². The van der Waals surface area contributed by atoms with Crippen molar-refractivity contribution in [3.05, 3.63) is 36.5 Å². The average molecular weight is 358 g/mol. The van der Waals surface area contributed by atoms with Gasteiger partial charge in [0.05, 0.1) is 13.8 Å². The summed E-state index contributed by atoms with van der Waals surface area (Å²) in [6.07, 6.45) is 2.34. The minimum Gasteiger partial charge on any atom is -0.378 e. The van der Waals surface area contributed by atoms with Crippen molar-refractivity contribution in [3.8, 4) is 5.69 Å². The highest BCUT2D eigenvalue weighted by atomic mass is 28.3. The number of rotatable bonds is 4. The topological polar surface area (TPSA) is 29.0 Å². The van der Waals surface area contributed by atoms with Crippen LogP contribution in [0.3, 0.4) is 0 Å². The lowest BCUT2D eigenvalue weighted by Crippen LogP contribution is -2.41. The lowest BCUT2D eigenvalue weighted by Gasteiger charge is -2.30. The zero-order valence-electron chi connectivity index (χ0n) is 17.4. The molecule has 0 fully saturated rings. The molecule has 0 saturated heterocycles. The normalized spacial score (nSPS) is 13.0. The molecular formula is C21H35N3Si. The fourth-order valence-electron chi connectivity index (χ4n) is 2.85. The van der Waals surface area contributed by atoms with Crippen LogP contribution in [-0.2, 0) is 0 Å². The molecule has 2 aromatic rings. The number of hydrogen-bond acceptors (Lipinski definition) is 2. The summed E-state index contributed by atoms with van der Waals surface area (Å²) in [5.74, 6) is 1.16. The minimum atomic E-state index is -1.52. The predicted octanol–water partition coefficient (Wildman–Crippen LogP) is 5.44. The van der Waals surface area contributed by atoms with Gasteiger partial charge in [0.15, 0.2) is 0 Å². The molecule has 0 aliphatic carbocycles. The molecule has 2 N–H and O–H groups in total. The van der Waals surface area contributed by atoms with Crippen molar-refractivity contribution >= 4 is 24.8 Å². The predicted molar refractivity (Wildman–Crippen MR) is 116 cm³/mol. The van der Waals surface area contributed by atoms with E-state index < -0.39 is 8.07 Å². The molecule has 0 unspecified atom stereocenters. The first kappa shape index (κ1) is 19.6. The molecule has 0 aliphatic heterocycles. The van der Waals surface area contributed by atoms with Crippen molar-refractivity contribution in [2.75, 3.05) is 10.6 Å². The zero-order valence-corrected chi connectivity index (χ0v) is 18.4. The van der Waals surface area contributed by atoms with Crippen molar-refractivity contribution < 1.29 is 0 Å². The van der Waals surface area contributed by atoms with E-state index in [1.54, 1.807) is 0 Å². The number of hydrogen-bond donors (Lipinski definition) is 2. The summed E-state index contributed by atoms with van der Waals surface area (Å²) >= 11 is 0. The van der Waals surface area contributed by atoms with E-state index in [-0.39, 0.29) is 11.1 Å². The highest BCUT2D eigenvalue weighted by Gasteiger charge is 2.30. The Balaban J connectivity index is 2.74. The van der Waals surface area contributed by atoms with Crippen molar-refractivity contribution in [2.24, 2.45) is 0 Å². The van der Waals surface area contributed by atoms with Crippen LogP contribution in [0.5, 0.6) is 0 Å². The molecule has 3 nitrogen and oxygen atoms in total. The summed E-state index contributed by atoms with van der Waals surface area (Å²) in [6.45, 7) is 20.5. The van der Waals surface area contributed by atoms with Gasteiger partial charge in [-0.2, -0.15) is 0 Å². The third-order valence-corrected chi connectivity index (χ3v) is 5.84. The van der Waals surface area contributed by atoms with Crippen molar-refractivity contribution in [3.63, 3.8) is 0 Å². The smallest absolute Gasteiger partial charge is 0.134 e. The van der Waals surface area contributed by atoms with Crippen LogP contribution in [0, 0.1) is 0 Å². The average Bonchev–Trinajstić information content (AvgIpc) is 2.74. The van der Waals surface area contributed by atoms with Gasteiger partial charge >= 0.3 is 0 Å². The van der Waals surface area contributed by atoms with Crippen LogP contribution in [0.1, 0.15) is 41.5 Å². The highest BCUT2D eigenvalue weighted by Crippen LogP contribution is 2.32. The van der Waals surface area contributed by atoms with Gasteiger partial charge in [-0.3, -0.25) is 0 Å². The molecular weight excluding hydrogens is 322 g/mol. The number of aromatic nitrogens is 1. The fraction of sp³-hybridized carbons (Fsp3) is 0.524. The lowest BCUT2D eigenvalue weighted by molar-refractivity contribution is 0.620. The summed E-state index contributed by atoms with van der Waals surface area (Å²) < 4.78 is 2.31. The number of benzene rings is 1. The number of anilines is 2. The first-order valence-electron chi connectivity index (χ1n) is 9.15. The maximum atomic E-state index is 3.79. The molecule has 0 spiro atoms. The van der Waals surface area contributed by atoms with Gasteiger partial charge < -0.3 is 15.2 Å². The van der Waals surface area contributed by atoms with E-state index in [0.29, 0.717) is 0 Å². The first-order chi connectivity index (χ1) is 11.3. The monoisotopic (exact) mass is 357 g/mol. The standard InChI is InChI=1S/C21H35N3Si/c1-20(2,3)22-18-17(25(7,8)9)15-24(16-13-11-10-12-14-16)19(18)23-21(4,5)6/h10-15,22-23H,1-9H3. The molecule has 0 bridgehead atoms. The van der Waals surface area contributed by atoms with Gasteiger partial charge in [0.2, 0.25) is 0 Å². The second-order valence-corrected chi connectivity index (χ2v) is 15.0. The van der Waals surface area contributed by atoms with Crippen molar-refractivity contribution in [2.45, 2.75) is 72.3 Å².